The van der Waals surface area contributed by atoms with Crippen molar-refractivity contribution >= 4 is 17.5 Å². The number of nitrogens with one attached hydrogen (secondary N) is 1. The molecule has 0 radical (unpaired) electrons. The van der Waals surface area contributed by atoms with E-state index in [1.54, 1.807) is 12.1 Å². The number of amides is 1. The average Bonchev–Trinajstić information content (AvgIpc) is 2.48. The molecule has 1 aromatic carbocycles. The largest absolute Gasteiger partial charge is 0.493 e. The summed E-state index contributed by atoms with van der Waals surface area (Å²) >= 11 is 5.72. The summed E-state index contributed by atoms with van der Waals surface area (Å²) in [6.07, 6.45) is 2.23. The lowest BCUT2D eigenvalue weighted by Crippen LogP contribution is -2.32. The number of nitrogens with zero attached hydrogens (tertiary/aromatic N) is 1. The molecule has 3 rings (SSSR count). The van der Waals surface area contributed by atoms with Crippen LogP contribution in [-0.4, -0.2) is 17.5 Å². The molecule has 0 unspecified atom stereocenters. The Morgan fingerprint density at radius 2 is 2.15 bits per heavy atom. The fraction of sp³-hybridized carbons (Fsp3) is 0.200. The minimum absolute atomic E-state index is 0.0388. The molecule has 1 atom stereocenters. The van der Waals surface area contributed by atoms with E-state index in [1.165, 1.54) is 6.20 Å². The molecule has 0 saturated heterocycles. The number of carbonyl (C=O) groups excluding carboxylic acids is 1. The second-order valence-corrected chi connectivity index (χ2v) is 4.96. The SMILES string of the molecule is O=C(N[C@H]1CCOc2ccccc21)c1ccc(Cl)nc1. The molecule has 0 saturated carbocycles. The van der Waals surface area contributed by atoms with Crippen molar-refractivity contribution in [2.24, 2.45) is 0 Å². The minimum atomic E-state index is -0.157. The molecule has 2 heterocycles. The van der Waals surface area contributed by atoms with E-state index >= 15 is 0 Å². The number of fused-ring (bicyclic) bond motifs is 1. The number of halogens is 1. The van der Waals surface area contributed by atoms with Gasteiger partial charge < -0.3 is 10.1 Å². The number of carbonyl (C=O) groups is 1. The number of ether oxygens (including phenoxy) is 1. The number of hydrogen-bond acceptors (Lipinski definition) is 3. The quantitative estimate of drug-likeness (QED) is 0.864. The van der Waals surface area contributed by atoms with Crippen LogP contribution in [0.5, 0.6) is 5.75 Å². The van der Waals surface area contributed by atoms with Crippen molar-refractivity contribution in [3.8, 4) is 5.75 Å². The lowest BCUT2D eigenvalue weighted by molar-refractivity contribution is 0.0924. The molecule has 20 heavy (non-hydrogen) atoms. The molecule has 1 aromatic heterocycles. The van der Waals surface area contributed by atoms with Gasteiger partial charge in [0.25, 0.3) is 5.91 Å². The van der Waals surface area contributed by atoms with E-state index in [2.05, 4.69) is 10.3 Å². The van der Waals surface area contributed by atoms with E-state index in [1.807, 2.05) is 24.3 Å². The number of aromatic nitrogens is 1. The van der Waals surface area contributed by atoms with Crippen molar-refractivity contribution in [3.05, 3.63) is 58.9 Å². The van der Waals surface area contributed by atoms with Gasteiger partial charge >= 0.3 is 0 Å². The summed E-state index contributed by atoms with van der Waals surface area (Å²) in [6.45, 7) is 0.598. The van der Waals surface area contributed by atoms with Gasteiger partial charge in [0.1, 0.15) is 10.9 Å². The third-order valence-electron chi connectivity index (χ3n) is 3.25. The molecule has 0 aliphatic carbocycles. The zero-order chi connectivity index (χ0) is 13.9. The first kappa shape index (κ1) is 12.9. The molecule has 102 valence electrons. The van der Waals surface area contributed by atoms with Crippen LogP contribution in [0.1, 0.15) is 28.4 Å². The minimum Gasteiger partial charge on any atom is -0.493 e. The van der Waals surface area contributed by atoms with Crippen molar-refractivity contribution in [2.45, 2.75) is 12.5 Å². The number of rotatable bonds is 2. The normalized spacial score (nSPS) is 16.9. The fourth-order valence-corrected chi connectivity index (χ4v) is 2.36. The Balaban J connectivity index is 1.79. The zero-order valence-corrected chi connectivity index (χ0v) is 11.4. The average molecular weight is 289 g/mol. The number of hydrogen-bond donors (Lipinski definition) is 1. The Labute approximate surface area is 121 Å². The molecule has 5 heteroatoms. The van der Waals surface area contributed by atoms with Gasteiger partial charge in [-0.15, -0.1) is 0 Å². The maximum absolute atomic E-state index is 12.2. The molecule has 1 aliphatic heterocycles. The monoisotopic (exact) mass is 288 g/mol. The third kappa shape index (κ3) is 2.60. The van der Waals surface area contributed by atoms with Crippen LogP contribution in [0.4, 0.5) is 0 Å². The Morgan fingerprint density at radius 3 is 2.95 bits per heavy atom. The molecule has 2 aromatic rings. The third-order valence-corrected chi connectivity index (χ3v) is 3.48. The van der Waals surface area contributed by atoms with Crippen LogP contribution in [0.2, 0.25) is 5.15 Å². The molecule has 0 fully saturated rings. The van der Waals surface area contributed by atoms with Crippen molar-refractivity contribution < 1.29 is 9.53 Å². The second kappa shape index (κ2) is 5.51. The lowest BCUT2D eigenvalue weighted by atomic mass is 10.0. The Hall–Kier alpha value is -2.07. The summed E-state index contributed by atoms with van der Waals surface area (Å²) in [4.78, 5) is 16.1. The van der Waals surface area contributed by atoms with Gasteiger partial charge in [-0.25, -0.2) is 4.98 Å². The van der Waals surface area contributed by atoms with Crippen molar-refractivity contribution in [3.63, 3.8) is 0 Å². The first-order chi connectivity index (χ1) is 9.74. The van der Waals surface area contributed by atoms with Gasteiger partial charge in [0.2, 0.25) is 0 Å². The van der Waals surface area contributed by atoms with Crippen molar-refractivity contribution in [2.75, 3.05) is 6.61 Å². The lowest BCUT2D eigenvalue weighted by Gasteiger charge is -2.26. The van der Waals surface area contributed by atoms with Crippen LogP contribution in [-0.2, 0) is 0 Å². The first-order valence-corrected chi connectivity index (χ1v) is 6.76. The Kier molecular flexibility index (Phi) is 3.56. The van der Waals surface area contributed by atoms with Crippen LogP contribution in [0.15, 0.2) is 42.6 Å². The molecular formula is C15H13ClN2O2. The zero-order valence-electron chi connectivity index (χ0n) is 10.7. The predicted molar refractivity (Wildman–Crippen MR) is 76.0 cm³/mol. The topological polar surface area (TPSA) is 51.2 Å². The van der Waals surface area contributed by atoms with Gasteiger partial charge in [-0.2, -0.15) is 0 Å². The molecule has 4 nitrogen and oxygen atoms in total. The highest BCUT2D eigenvalue weighted by molar-refractivity contribution is 6.29. The van der Waals surface area contributed by atoms with Crippen molar-refractivity contribution in [1.29, 1.82) is 0 Å². The number of benzene rings is 1. The second-order valence-electron chi connectivity index (χ2n) is 4.57. The van der Waals surface area contributed by atoms with Gasteiger partial charge in [-0.3, -0.25) is 4.79 Å². The number of para-hydroxylation sites is 1. The first-order valence-electron chi connectivity index (χ1n) is 6.38. The van der Waals surface area contributed by atoms with Crippen molar-refractivity contribution in [1.82, 2.24) is 10.3 Å². The summed E-state index contributed by atoms with van der Waals surface area (Å²) in [5, 5.41) is 3.38. The molecule has 1 aliphatic rings. The summed E-state index contributed by atoms with van der Waals surface area (Å²) in [6, 6.07) is 11.0. The molecule has 0 bridgehead atoms. The van der Waals surface area contributed by atoms with E-state index in [4.69, 9.17) is 16.3 Å². The van der Waals surface area contributed by atoms with Crippen LogP contribution >= 0.6 is 11.6 Å². The highest BCUT2D eigenvalue weighted by Crippen LogP contribution is 2.31. The van der Waals surface area contributed by atoms with E-state index in [9.17, 15) is 4.79 Å². The van der Waals surface area contributed by atoms with E-state index in [-0.39, 0.29) is 11.9 Å². The summed E-state index contributed by atoms with van der Waals surface area (Å²) in [5.41, 5.74) is 1.51. The molecule has 0 spiro atoms. The van der Waals surface area contributed by atoms with E-state index in [0.29, 0.717) is 17.3 Å². The summed E-state index contributed by atoms with van der Waals surface area (Å²) in [5.74, 6) is 0.675. The van der Waals surface area contributed by atoms with Gasteiger partial charge in [0.15, 0.2) is 0 Å². The smallest absolute Gasteiger partial charge is 0.253 e. The highest BCUT2D eigenvalue weighted by Gasteiger charge is 2.23. The fourth-order valence-electron chi connectivity index (χ4n) is 2.24. The summed E-state index contributed by atoms with van der Waals surface area (Å²) < 4.78 is 5.58. The Bertz CT molecular complexity index is 628. The van der Waals surface area contributed by atoms with Crippen LogP contribution in [0.25, 0.3) is 0 Å². The van der Waals surface area contributed by atoms with Gasteiger partial charge in [0.05, 0.1) is 18.2 Å². The summed E-state index contributed by atoms with van der Waals surface area (Å²) in [7, 11) is 0. The molecule has 1 amide bonds. The van der Waals surface area contributed by atoms with Gasteiger partial charge in [-0.05, 0) is 18.2 Å². The molecular weight excluding hydrogens is 276 g/mol. The predicted octanol–water partition coefficient (Wildman–Crippen LogP) is 2.99. The Morgan fingerprint density at radius 1 is 1.30 bits per heavy atom. The van der Waals surface area contributed by atoms with Crippen LogP contribution in [0.3, 0.4) is 0 Å². The highest BCUT2D eigenvalue weighted by atomic mass is 35.5. The van der Waals surface area contributed by atoms with Crippen LogP contribution in [0, 0.1) is 0 Å². The van der Waals surface area contributed by atoms with Gasteiger partial charge in [0, 0.05) is 18.2 Å². The maximum Gasteiger partial charge on any atom is 0.253 e. The van der Waals surface area contributed by atoms with E-state index in [0.717, 1.165) is 17.7 Å². The van der Waals surface area contributed by atoms with Crippen LogP contribution < -0.4 is 10.1 Å². The standard InChI is InChI=1S/C15H13ClN2O2/c16-14-6-5-10(9-17-14)15(19)18-12-7-8-20-13-4-2-1-3-11(12)13/h1-6,9,12H,7-8H2,(H,18,19)/t12-/m0/s1. The number of pyridine rings is 1. The molecule has 1 N–H and O–H groups in total. The maximum atomic E-state index is 12.2. The van der Waals surface area contributed by atoms with Gasteiger partial charge in [-0.1, -0.05) is 29.8 Å². The van der Waals surface area contributed by atoms with E-state index < -0.39 is 0 Å².